The van der Waals surface area contributed by atoms with Gasteiger partial charge < -0.3 is 21.7 Å². The Balaban J connectivity index is 0.000000220. The predicted molar refractivity (Wildman–Crippen MR) is 84.4 cm³/mol. The second-order valence-corrected chi connectivity index (χ2v) is 6.57. The number of carboxylic acid groups (broad SMARTS) is 2. The molecule has 0 aliphatic heterocycles. The van der Waals surface area contributed by atoms with E-state index in [2.05, 4.69) is 0 Å². The van der Waals surface area contributed by atoms with E-state index < -0.39 is 18.0 Å². The van der Waals surface area contributed by atoms with Gasteiger partial charge in [0, 0.05) is 12.5 Å². The van der Waals surface area contributed by atoms with Crippen LogP contribution in [0, 0.1) is 11.8 Å². The van der Waals surface area contributed by atoms with E-state index in [1.165, 1.54) is 6.42 Å². The van der Waals surface area contributed by atoms with Crippen LogP contribution in [0.5, 0.6) is 0 Å². The molecule has 2 fully saturated rings. The Bertz CT molecular complexity index is 353. The summed E-state index contributed by atoms with van der Waals surface area (Å²) < 4.78 is 0. The van der Waals surface area contributed by atoms with Crippen LogP contribution in [0.15, 0.2) is 0 Å². The van der Waals surface area contributed by atoms with Crippen molar-refractivity contribution < 1.29 is 19.8 Å². The van der Waals surface area contributed by atoms with Crippen molar-refractivity contribution in [1.82, 2.24) is 0 Å². The van der Waals surface area contributed by atoms with Gasteiger partial charge in [0.05, 0.1) is 0 Å². The number of hydrogen-bond donors (Lipinski definition) is 4. The first-order valence-electron chi connectivity index (χ1n) is 8.37. The highest BCUT2D eigenvalue weighted by atomic mass is 16.4. The summed E-state index contributed by atoms with van der Waals surface area (Å²) in [6.07, 6.45) is 10.1. The van der Waals surface area contributed by atoms with Gasteiger partial charge in [-0.2, -0.15) is 0 Å². The zero-order valence-electron chi connectivity index (χ0n) is 13.2. The van der Waals surface area contributed by atoms with E-state index >= 15 is 0 Å². The van der Waals surface area contributed by atoms with Crippen LogP contribution in [-0.2, 0) is 9.59 Å². The molecular formula is C16H30N2O4. The highest BCUT2D eigenvalue weighted by molar-refractivity contribution is 5.73. The fraction of sp³-hybridized carbons (Fsp3) is 0.875. The lowest BCUT2D eigenvalue weighted by Crippen LogP contribution is -2.38. The molecule has 0 aromatic heterocycles. The zero-order chi connectivity index (χ0) is 16.5. The van der Waals surface area contributed by atoms with Gasteiger partial charge in [-0.15, -0.1) is 0 Å². The molecule has 2 aliphatic carbocycles. The summed E-state index contributed by atoms with van der Waals surface area (Å²) in [6, 6.07) is -0.504. The van der Waals surface area contributed by atoms with Crippen LogP contribution < -0.4 is 11.5 Å². The molecule has 0 saturated heterocycles. The molecule has 22 heavy (non-hydrogen) atoms. The Morgan fingerprint density at radius 3 is 2.00 bits per heavy atom. The fourth-order valence-electron chi connectivity index (χ4n) is 3.41. The molecule has 0 heterocycles. The van der Waals surface area contributed by atoms with Gasteiger partial charge in [-0.25, -0.2) is 0 Å². The Morgan fingerprint density at radius 1 is 0.955 bits per heavy atom. The summed E-state index contributed by atoms with van der Waals surface area (Å²) in [5.74, 6) is -1.12. The van der Waals surface area contributed by atoms with E-state index in [0.29, 0.717) is 0 Å². The third-order valence-corrected chi connectivity index (χ3v) is 4.85. The number of nitrogens with two attached hydrogens (primary N) is 2. The fourth-order valence-corrected chi connectivity index (χ4v) is 3.41. The lowest BCUT2D eigenvalue weighted by molar-refractivity contribution is -0.140. The largest absolute Gasteiger partial charge is 0.481 e. The Hall–Kier alpha value is -1.14. The third-order valence-electron chi connectivity index (χ3n) is 4.85. The minimum atomic E-state index is -0.850. The Kier molecular flexibility index (Phi) is 8.42. The molecule has 0 radical (unpaired) electrons. The van der Waals surface area contributed by atoms with E-state index in [4.69, 9.17) is 21.7 Å². The second-order valence-electron chi connectivity index (χ2n) is 6.57. The Labute approximate surface area is 132 Å². The number of rotatable bonds is 4. The van der Waals surface area contributed by atoms with E-state index in [1.54, 1.807) is 0 Å². The molecule has 1 unspecified atom stereocenters. The van der Waals surface area contributed by atoms with Crippen molar-refractivity contribution in [3.8, 4) is 0 Å². The first kappa shape index (κ1) is 18.9. The van der Waals surface area contributed by atoms with E-state index in [0.717, 1.165) is 51.4 Å². The zero-order valence-corrected chi connectivity index (χ0v) is 13.2. The third kappa shape index (κ3) is 6.75. The highest BCUT2D eigenvalue weighted by Gasteiger charge is 2.25. The monoisotopic (exact) mass is 314 g/mol. The Morgan fingerprint density at radius 2 is 1.50 bits per heavy atom. The van der Waals surface area contributed by atoms with Crippen molar-refractivity contribution in [3.05, 3.63) is 0 Å². The molecule has 0 aromatic rings. The molecule has 6 heteroatoms. The van der Waals surface area contributed by atoms with Crippen LogP contribution in [-0.4, -0.2) is 34.2 Å². The molecule has 6 N–H and O–H groups in total. The van der Waals surface area contributed by atoms with Crippen molar-refractivity contribution in [2.45, 2.75) is 76.3 Å². The molecule has 2 rings (SSSR count). The van der Waals surface area contributed by atoms with Gasteiger partial charge >= 0.3 is 11.9 Å². The van der Waals surface area contributed by atoms with Crippen molar-refractivity contribution in [2.75, 3.05) is 0 Å². The maximum atomic E-state index is 10.5. The van der Waals surface area contributed by atoms with Crippen molar-refractivity contribution in [3.63, 3.8) is 0 Å². The minimum Gasteiger partial charge on any atom is -0.481 e. The normalized spacial score (nSPS) is 27.4. The van der Waals surface area contributed by atoms with Crippen LogP contribution in [0.3, 0.4) is 0 Å². The van der Waals surface area contributed by atoms with Gasteiger partial charge in [-0.1, -0.05) is 32.1 Å². The summed E-state index contributed by atoms with van der Waals surface area (Å²) >= 11 is 0. The van der Waals surface area contributed by atoms with Gasteiger partial charge in [0.15, 0.2) is 0 Å². The topological polar surface area (TPSA) is 127 Å². The molecule has 0 amide bonds. The minimum absolute atomic E-state index is 0.125. The van der Waals surface area contributed by atoms with Crippen LogP contribution in [0.1, 0.15) is 64.2 Å². The summed E-state index contributed by atoms with van der Waals surface area (Å²) in [5, 5.41) is 17.1. The molecule has 2 saturated carbocycles. The molecule has 0 bridgehead atoms. The van der Waals surface area contributed by atoms with Gasteiger partial charge in [-0.3, -0.25) is 9.59 Å². The molecule has 128 valence electrons. The van der Waals surface area contributed by atoms with Crippen molar-refractivity contribution in [2.24, 2.45) is 23.3 Å². The first-order valence-corrected chi connectivity index (χ1v) is 8.37. The standard InChI is InChI=1S/2C8H15NO2/c9-7-4-2-1-3-6(7)5-8(10)11;9-7(8(10)11)6-4-2-1-3-5-6/h2*6-7H,1-5,9H2,(H,10,11)/t6?,7-;7-/m11/s1. The molecule has 0 aromatic carbocycles. The number of carboxylic acids is 2. The van der Waals surface area contributed by atoms with E-state index in [-0.39, 0.29) is 24.3 Å². The maximum absolute atomic E-state index is 10.5. The number of aliphatic carboxylic acids is 2. The average molecular weight is 314 g/mol. The first-order chi connectivity index (χ1) is 10.4. The van der Waals surface area contributed by atoms with Crippen LogP contribution >= 0.6 is 0 Å². The molecule has 6 nitrogen and oxygen atoms in total. The van der Waals surface area contributed by atoms with E-state index in [1.807, 2.05) is 0 Å². The molecular weight excluding hydrogens is 284 g/mol. The summed E-state index contributed by atoms with van der Waals surface area (Å²) in [4.78, 5) is 20.8. The van der Waals surface area contributed by atoms with Gasteiger partial charge in [0.25, 0.3) is 0 Å². The maximum Gasteiger partial charge on any atom is 0.320 e. The predicted octanol–water partition coefficient (Wildman–Crippen LogP) is 1.96. The highest BCUT2D eigenvalue weighted by Crippen LogP contribution is 2.26. The quantitative estimate of drug-likeness (QED) is 0.628. The van der Waals surface area contributed by atoms with Crippen molar-refractivity contribution in [1.29, 1.82) is 0 Å². The lowest BCUT2D eigenvalue weighted by Gasteiger charge is -2.26. The lowest BCUT2D eigenvalue weighted by atomic mass is 9.83. The summed E-state index contributed by atoms with van der Waals surface area (Å²) in [6.45, 7) is 0. The SMILES string of the molecule is N[C@@H](C(=O)O)C1CCCCC1.N[C@@H]1CCCCC1CC(=O)O. The molecule has 3 atom stereocenters. The molecule has 2 aliphatic rings. The van der Waals surface area contributed by atoms with Gasteiger partial charge in [-0.05, 0) is 37.5 Å². The van der Waals surface area contributed by atoms with Gasteiger partial charge in [0.2, 0.25) is 0 Å². The average Bonchev–Trinajstić information content (AvgIpc) is 2.50. The number of carbonyl (C=O) groups is 2. The van der Waals surface area contributed by atoms with Crippen LogP contribution in [0.2, 0.25) is 0 Å². The van der Waals surface area contributed by atoms with Crippen LogP contribution in [0.4, 0.5) is 0 Å². The summed E-state index contributed by atoms with van der Waals surface area (Å²) in [7, 11) is 0. The van der Waals surface area contributed by atoms with Gasteiger partial charge in [0.1, 0.15) is 6.04 Å². The second kappa shape index (κ2) is 9.79. The molecule has 0 spiro atoms. The van der Waals surface area contributed by atoms with Crippen LogP contribution in [0.25, 0.3) is 0 Å². The van der Waals surface area contributed by atoms with Crippen molar-refractivity contribution >= 4 is 11.9 Å². The van der Waals surface area contributed by atoms with E-state index in [9.17, 15) is 9.59 Å². The number of hydrogen-bond acceptors (Lipinski definition) is 4. The summed E-state index contributed by atoms with van der Waals surface area (Å²) in [5.41, 5.74) is 11.3. The smallest absolute Gasteiger partial charge is 0.320 e.